The Morgan fingerprint density at radius 1 is 1.05 bits per heavy atom. The minimum Gasteiger partial charge on any atom is -0.204 e. The minimum atomic E-state index is -1.37. The standard InChI is InChI=1S/C17H21F3/c1-2-3-4-5-12-6-8-13(9-7-12)14-10-15(18)17(20)16(19)11-14/h2-3,10-13H,4-9H2,1H3/b3-2+. The fourth-order valence-corrected chi connectivity index (χ4v) is 3.09. The molecule has 0 saturated heterocycles. The maximum absolute atomic E-state index is 13.3. The molecule has 0 nitrogen and oxygen atoms in total. The van der Waals surface area contributed by atoms with Gasteiger partial charge in [-0.05, 0) is 75.0 Å². The van der Waals surface area contributed by atoms with Crippen molar-refractivity contribution in [2.24, 2.45) is 5.92 Å². The smallest absolute Gasteiger partial charge is 0.194 e. The van der Waals surface area contributed by atoms with Crippen molar-refractivity contribution in [3.05, 3.63) is 47.3 Å². The van der Waals surface area contributed by atoms with Gasteiger partial charge >= 0.3 is 0 Å². The summed E-state index contributed by atoms with van der Waals surface area (Å²) in [5, 5.41) is 0. The first kappa shape index (κ1) is 15.1. The Bertz CT molecular complexity index is 448. The molecular formula is C17H21F3. The Morgan fingerprint density at radius 3 is 2.20 bits per heavy atom. The van der Waals surface area contributed by atoms with Crippen LogP contribution in [-0.2, 0) is 0 Å². The molecular weight excluding hydrogens is 261 g/mol. The van der Waals surface area contributed by atoms with Crippen LogP contribution in [0.1, 0.15) is 56.9 Å². The van der Waals surface area contributed by atoms with Gasteiger partial charge in [0.1, 0.15) is 0 Å². The lowest BCUT2D eigenvalue weighted by atomic mass is 9.77. The van der Waals surface area contributed by atoms with Crippen molar-refractivity contribution in [1.82, 2.24) is 0 Å². The molecule has 0 spiro atoms. The van der Waals surface area contributed by atoms with Crippen LogP contribution >= 0.6 is 0 Å². The number of rotatable bonds is 4. The van der Waals surface area contributed by atoms with Gasteiger partial charge in [-0.2, -0.15) is 0 Å². The molecule has 1 saturated carbocycles. The molecule has 0 aromatic heterocycles. The number of hydrogen-bond donors (Lipinski definition) is 0. The summed E-state index contributed by atoms with van der Waals surface area (Å²) in [6, 6.07) is 2.31. The summed E-state index contributed by atoms with van der Waals surface area (Å²) >= 11 is 0. The Hall–Kier alpha value is -1.25. The third kappa shape index (κ3) is 3.65. The number of benzene rings is 1. The quantitative estimate of drug-likeness (QED) is 0.488. The van der Waals surface area contributed by atoms with Crippen molar-refractivity contribution >= 4 is 0 Å². The van der Waals surface area contributed by atoms with Gasteiger partial charge in [0.05, 0.1) is 0 Å². The van der Waals surface area contributed by atoms with E-state index in [0.717, 1.165) is 44.2 Å². The highest BCUT2D eigenvalue weighted by Gasteiger charge is 2.23. The van der Waals surface area contributed by atoms with Crippen LogP contribution < -0.4 is 0 Å². The second kappa shape index (κ2) is 6.96. The van der Waals surface area contributed by atoms with Crippen LogP contribution in [-0.4, -0.2) is 0 Å². The summed E-state index contributed by atoms with van der Waals surface area (Å²) in [5.41, 5.74) is 0.605. The minimum absolute atomic E-state index is 0.164. The molecule has 0 heterocycles. The van der Waals surface area contributed by atoms with Crippen molar-refractivity contribution in [2.75, 3.05) is 0 Å². The first-order valence-corrected chi connectivity index (χ1v) is 7.37. The van der Waals surface area contributed by atoms with E-state index in [0.29, 0.717) is 11.5 Å². The van der Waals surface area contributed by atoms with Crippen LogP contribution in [0.15, 0.2) is 24.3 Å². The van der Waals surface area contributed by atoms with E-state index in [2.05, 4.69) is 12.2 Å². The summed E-state index contributed by atoms with van der Waals surface area (Å²) in [7, 11) is 0. The summed E-state index contributed by atoms with van der Waals surface area (Å²) in [5.74, 6) is -2.64. The van der Waals surface area contributed by atoms with Gasteiger partial charge in [-0.3, -0.25) is 0 Å². The molecule has 1 aliphatic rings. The zero-order valence-electron chi connectivity index (χ0n) is 11.8. The van der Waals surface area contributed by atoms with Crippen molar-refractivity contribution < 1.29 is 13.2 Å². The van der Waals surface area contributed by atoms with Crippen LogP contribution in [0.3, 0.4) is 0 Å². The van der Waals surface area contributed by atoms with Crippen molar-refractivity contribution in [3.63, 3.8) is 0 Å². The molecule has 1 aliphatic carbocycles. The molecule has 1 fully saturated rings. The van der Waals surface area contributed by atoms with Crippen molar-refractivity contribution in [3.8, 4) is 0 Å². The lowest BCUT2D eigenvalue weighted by molar-refractivity contribution is 0.310. The third-order valence-corrected chi connectivity index (χ3v) is 4.30. The largest absolute Gasteiger partial charge is 0.204 e. The second-order valence-corrected chi connectivity index (χ2v) is 5.66. The highest BCUT2D eigenvalue weighted by molar-refractivity contribution is 5.23. The zero-order chi connectivity index (χ0) is 14.5. The monoisotopic (exact) mass is 282 g/mol. The number of allylic oxidation sites excluding steroid dienone is 2. The van der Waals surface area contributed by atoms with E-state index in [1.54, 1.807) is 0 Å². The van der Waals surface area contributed by atoms with E-state index in [1.165, 1.54) is 6.42 Å². The Labute approximate surface area is 118 Å². The molecule has 0 unspecified atom stereocenters. The second-order valence-electron chi connectivity index (χ2n) is 5.66. The highest BCUT2D eigenvalue weighted by Crippen LogP contribution is 2.38. The maximum Gasteiger partial charge on any atom is 0.194 e. The lowest BCUT2D eigenvalue weighted by Gasteiger charge is -2.28. The first-order chi connectivity index (χ1) is 9.61. The Morgan fingerprint density at radius 2 is 1.65 bits per heavy atom. The van der Waals surface area contributed by atoms with E-state index in [9.17, 15) is 13.2 Å². The molecule has 0 atom stereocenters. The average Bonchev–Trinajstić information content (AvgIpc) is 2.45. The molecule has 1 aromatic carbocycles. The number of halogens is 3. The number of hydrogen-bond acceptors (Lipinski definition) is 0. The summed E-state index contributed by atoms with van der Waals surface area (Å²) < 4.78 is 39.5. The van der Waals surface area contributed by atoms with E-state index in [1.807, 2.05) is 6.92 Å². The van der Waals surface area contributed by atoms with E-state index in [4.69, 9.17) is 0 Å². The molecule has 1 aromatic rings. The van der Waals surface area contributed by atoms with Crippen LogP contribution in [0, 0.1) is 23.4 Å². The van der Waals surface area contributed by atoms with Gasteiger partial charge in [0.2, 0.25) is 0 Å². The van der Waals surface area contributed by atoms with Gasteiger partial charge in [-0.1, -0.05) is 12.2 Å². The fraction of sp³-hybridized carbons (Fsp3) is 0.529. The van der Waals surface area contributed by atoms with Gasteiger partial charge < -0.3 is 0 Å². The molecule has 0 bridgehead atoms. The Balaban J connectivity index is 1.93. The topological polar surface area (TPSA) is 0 Å². The first-order valence-electron chi connectivity index (χ1n) is 7.37. The molecule has 110 valence electrons. The molecule has 0 radical (unpaired) electrons. The normalized spacial score (nSPS) is 23.4. The van der Waals surface area contributed by atoms with E-state index in [-0.39, 0.29) is 5.92 Å². The fourth-order valence-electron chi connectivity index (χ4n) is 3.09. The van der Waals surface area contributed by atoms with Crippen LogP contribution in [0.4, 0.5) is 13.2 Å². The molecule has 20 heavy (non-hydrogen) atoms. The molecule has 2 rings (SSSR count). The van der Waals surface area contributed by atoms with Crippen LogP contribution in [0.5, 0.6) is 0 Å². The SMILES string of the molecule is C/C=C/CCC1CCC(c2cc(F)c(F)c(F)c2)CC1. The highest BCUT2D eigenvalue weighted by atomic mass is 19.2. The Kier molecular flexibility index (Phi) is 5.27. The maximum atomic E-state index is 13.3. The molecule has 3 heteroatoms. The average molecular weight is 282 g/mol. The van der Waals surface area contributed by atoms with Gasteiger partial charge in [-0.15, -0.1) is 0 Å². The predicted octanol–water partition coefficient (Wildman–Crippen LogP) is 5.73. The van der Waals surface area contributed by atoms with E-state index >= 15 is 0 Å². The molecule has 0 N–H and O–H groups in total. The predicted molar refractivity (Wildman–Crippen MR) is 75.1 cm³/mol. The van der Waals surface area contributed by atoms with Gasteiger partial charge in [0.25, 0.3) is 0 Å². The van der Waals surface area contributed by atoms with Crippen LogP contribution in [0.2, 0.25) is 0 Å². The van der Waals surface area contributed by atoms with Crippen LogP contribution in [0.25, 0.3) is 0 Å². The van der Waals surface area contributed by atoms with Gasteiger partial charge in [-0.25, -0.2) is 13.2 Å². The summed E-state index contributed by atoms with van der Waals surface area (Å²) in [6.07, 6.45) is 10.6. The summed E-state index contributed by atoms with van der Waals surface area (Å²) in [4.78, 5) is 0. The van der Waals surface area contributed by atoms with Crippen molar-refractivity contribution in [2.45, 2.75) is 51.4 Å². The van der Waals surface area contributed by atoms with Gasteiger partial charge in [0.15, 0.2) is 17.5 Å². The molecule has 0 aliphatic heterocycles. The third-order valence-electron chi connectivity index (χ3n) is 4.30. The van der Waals surface area contributed by atoms with E-state index < -0.39 is 17.5 Å². The summed E-state index contributed by atoms with van der Waals surface area (Å²) in [6.45, 7) is 2.02. The zero-order valence-corrected chi connectivity index (χ0v) is 11.8. The van der Waals surface area contributed by atoms with Crippen molar-refractivity contribution in [1.29, 1.82) is 0 Å². The molecule has 0 amide bonds. The lowest BCUT2D eigenvalue weighted by Crippen LogP contribution is -2.14. The van der Waals surface area contributed by atoms with Gasteiger partial charge in [0, 0.05) is 0 Å².